The molecule has 0 spiro atoms. The number of pyridine rings is 1. The fourth-order valence-corrected chi connectivity index (χ4v) is 5.84. The molecular formula is C26H37N5O3. The van der Waals surface area contributed by atoms with Crippen LogP contribution < -0.4 is 5.32 Å². The zero-order chi connectivity index (χ0) is 24.1. The van der Waals surface area contributed by atoms with Gasteiger partial charge in [-0.25, -0.2) is 4.79 Å². The topological polar surface area (TPSA) is 85.8 Å². The standard InChI is InChI=1S/C26H37N5O3/c1-3-14-26(24(33)31(25(34)28-26)19-13-22-8-6-16-29(22)2)20-11-17-30(18-12-20)23(32)10-9-21-7-4-5-15-27-21/h4-5,7,9-10,15,20,22H,3,6,8,11-14,16-19H2,1-2H3,(H,28,34). The van der Waals surface area contributed by atoms with E-state index in [4.69, 9.17) is 0 Å². The molecule has 0 saturated carbocycles. The minimum atomic E-state index is -0.841. The molecule has 3 fully saturated rings. The summed E-state index contributed by atoms with van der Waals surface area (Å²) in [6.45, 7) is 4.77. The number of carbonyl (C=O) groups is 3. The van der Waals surface area contributed by atoms with E-state index in [2.05, 4.69) is 29.2 Å². The summed E-state index contributed by atoms with van der Waals surface area (Å²) in [5, 5.41) is 3.11. The Morgan fingerprint density at radius 1 is 1.21 bits per heavy atom. The Balaban J connectivity index is 1.37. The number of amides is 4. The molecule has 0 radical (unpaired) electrons. The maximum Gasteiger partial charge on any atom is 0.325 e. The normalized spacial score (nSPS) is 26.6. The summed E-state index contributed by atoms with van der Waals surface area (Å²) in [7, 11) is 2.12. The quantitative estimate of drug-likeness (QED) is 0.469. The van der Waals surface area contributed by atoms with Gasteiger partial charge in [0.2, 0.25) is 5.91 Å². The van der Waals surface area contributed by atoms with Crippen LogP contribution in [0.1, 0.15) is 57.6 Å². The van der Waals surface area contributed by atoms with Crippen LogP contribution in [0.5, 0.6) is 0 Å². The number of likely N-dealkylation sites (tertiary alicyclic amines) is 2. The van der Waals surface area contributed by atoms with Crippen LogP contribution in [-0.2, 0) is 9.59 Å². The number of imide groups is 1. The molecule has 184 valence electrons. The van der Waals surface area contributed by atoms with Gasteiger partial charge in [0.25, 0.3) is 5.91 Å². The molecule has 3 aliphatic heterocycles. The van der Waals surface area contributed by atoms with Crippen LogP contribution in [-0.4, -0.2) is 82.3 Å². The molecule has 0 bridgehead atoms. The molecular weight excluding hydrogens is 430 g/mol. The number of carbonyl (C=O) groups excluding carboxylic acids is 3. The van der Waals surface area contributed by atoms with Crippen molar-refractivity contribution >= 4 is 23.9 Å². The van der Waals surface area contributed by atoms with Crippen molar-refractivity contribution in [2.45, 2.75) is 63.5 Å². The molecule has 4 amide bonds. The number of aromatic nitrogens is 1. The lowest BCUT2D eigenvalue weighted by atomic mass is 9.74. The third-order valence-electron chi connectivity index (χ3n) is 7.79. The van der Waals surface area contributed by atoms with E-state index in [1.54, 1.807) is 18.3 Å². The highest BCUT2D eigenvalue weighted by atomic mass is 16.2. The van der Waals surface area contributed by atoms with Gasteiger partial charge in [0, 0.05) is 37.9 Å². The first-order chi connectivity index (χ1) is 16.4. The monoisotopic (exact) mass is 467 g/mol. The summed E-state index contributed by atoms with van der Waals surface area (Å²) >= 11 is 0. The van der Waals surface area contributed by atoms with Gasteiger partial charge < -0.3 is 15.1 Å². The molecule has 1 aromatic rings. The van der Waals surface area contributed by atoms with E-state index in [-0.39, 0.29) is 23.8 Å². The lowest BCUT2D eigenvalue weighted by Gasteiger charge is -2.40. The second kappa shape index (κ2) is 10.7. The lowest BCUT2D eigenvalue weighted by molar-refractivity contribution is -0.135. The first-order valence-corrected chi connectivity index (χ1v) is 12.7. The van der Waals surface area contributed by atoms with Crippen molar-refractivity contribution in [1.82, 2.24) is 25.0 Å². The molecule has 0 aliphatic carbocycles. The van der Waals surface area contributed by atoms with Crippen LogP contribution in [0.15, 0.2) is 30.5 Å². The molecule has 3 saturated heterocycles. The number of hydrogen-bond donors (Lipinski definition) is 1. The molecule has 2 atom stereocenters. The number of rotatable bonds is 8. The minimum absolute atomic E-state index is 0.0341. The molecule has 4 rings (SSSR count). The minimum Gasteiger partial charge on any atom is -0.339 e. The summed E-state index contributed by atoms with van der Waals surface area (Å²) in [5.41, 5.74) is -0.0948. The maximum absolute atomic E-state index is 13.6. The molecule has 8 nitrogen and oxygen atoms in total. The second-order valence-electron chi connectivity index (χ2n) is 9.86. The zero-order valence-electron chi connectivity index (χ0n) is 20.4. The summed E-state index contributed by atoms with van der Waals surface area (Å²) in [6, 6.07) is 5.77. The summed E-state index contributed by atoms with van der Waals surface area (Å²) < 4.78 is 0. The molecule has 34 heavy (non-hydrogen) atoms. The highest BCUT2D eigenvalue weighted by Crippen LogP contribution is 2.37. The van der Waals surface area contributed by atoms with Gasteiger partial charge >= 0.3 is 6.03 Å². The van der Waals surface area contributed by atoms with Crippen molar-refractivity contribution in [1.29, 1.82) is 0 Å². The third kappa shape index (κ3) is 5.02. The van der Waals surface area contributed by atoms with Crippen molar-refractivity contribution in [2.75, 3.05) is 33.2 Å². The molecule has 4 heterocycles. The summed E-state index contributed by atoms with van der Waals surface area (Å²) in [5.74, 6) is -0.0792. The van der Waals surface area contributed by atoms with Crippen molar-refractivity contribution in [2.24, 2.45) is 5.92 Å². The van der Waals surface area contributed by atoms with E-state index < -0.39 is 5.54 Å². The third-order valence-corrected chi connectivity index (χ3v) is 7.79. The van der Waals surface area contributed by atoms with Gasteiger partial charge in [-0.15, -0.1) is 0 Å². The molecule has 1 aromatic heterocycles. The fourth-order valence-electron chi connectivity index (χ4n) is 5.84. The Morgan fingerprint density at radius 2 is 2.00 bits per heavy atom. The smallest absolute Gasteiger partial charge is 0.325 e. The first kappa shape index (κ1) is 24.4. The van der Waals surface area contributed by atoms with Gasteiger partial charge in [-0.05, 0) is 76.2 Å². The van der Waals surface area contributed by atoms with Gasteiger partial charge in [-0.1, -0.05) is 19.4 Å². The number of nitrogens with one attached hydrogen (secondary N) is 1. The van der Waals surface area contributed by atoms with Gasteiger partial charge in [0.15, 0.2) is 0 Å². The van der Waals surface area contributed by atoms with Crippen LogP contribution in [0.4, 0.5) is 4.79 Å². The van der Waals surface area contributed by atoms with E-state index in [9.17, 15) is 14.4 Å². The average Bonchev–Trinajstić information content (AvgIpc) is 3.37. The highest BCUT2D eigenvalue weighted by molar-refractivity contribution is 6.07. The molecule has 3 aliphatic rings. The van der Waals surface area contributed by atoms with Crippen LogP contribution in [0.2, 0.25) is 0 Å². The second-order valence-corrected chi connectivity index (χ2v) is 9.86. The van der Waals surface area contributed by atoms with Crippen molar-refractivity contribution < 1.29 is 14.4 Å². The van der Waals surface area contributed by atoms with E-state index in [0.717, 1.165) is 31.5 Å². The molecule has 2 unspecified atom stereocenters. The van der Waals surface area contributed by atoms with Crippen LogP contribution in [0.25, 0.3) is 6.08 Å². The average molecular weight is 468 g/mol. The van der Waals surface area contributed by atoms with Crippen molar-refractivity contribution in [3.63, 3.8) is 0 Å². The summed E-state index contributed by atoms with van der Waals surface area (Å²) in [4.78, 5) is 49.0. The predicted octanol–water partition coefficient (Wildman–Crippen LogP) is 2.91. The van der Waals surface area contributed by atoms with Gasteiger partial charge in [0.05, 0.1) is 5.69 Å². The number of piperidine rings is 1. The van der Waals surface area contributed by atoms with Crippen LogP contribution in [0, 0.1) is 5.92 Å². The van der Waals surface area contributed by atoms with E-state index in [1.165, 1.54) is 11.3 Å². The molecule has 0 aromatic carbocycles. The fraction of sp³-hybridized carbons (Fsp3) is 0.615. The van der Waals surface area contributed by atoms with E-state index in [0.29, 0.717) is 44.9 Å². The van der Waals surface area contributed by atoms with E-state index >= 15 is 0 Å². The summed E-state index contributed by atoms with van der Waals surface area (Å²) in [6.07, 6.45) is 11.0. The number of nitrogens with zero attached hydrogens (tertiary/aromatic N) is 4. The first-order valence-electron chi connectivity index (χ1n) is 12.7. The highest BCUT2D eigenvalue weighted by Gasteiger charge is 2.55. The van der Waals surface area contributed by atoms with Crippen molar-refractivity contribution in [3.8, 4) is 0 Å². The Kier molecular flexibility index (Phi) is 7.66. The van der Waals surface area contributed by atoms with Gasteiger partial charge in [-0.2, -0.15) is 0 Å². The Hall–Kier alpha value is -2.74. The van der Waals surface area contributed by atoms with Gasteiger partial charge in [0.1, 0.15) is 5.54 Å². The Morgan fingerprint density at radius 3 is 2.65 bits per heavy atom. The van der Waals surface area contributed by atoms with Crippen LogP contribution in [0.3, 0.4) is 0 Å². The SMILES string of the molecule is CCCC1(C2CCN(C(=O)C=Cc3ccccn3)CC2)NC(=O)N(CCC2CCCN2C)C1=O. The molecule has 1 N–H and O–H groups in total. The van der Waals surface area contributed by atoms with Crippen LogP contribution >= 0.6 is 0 Å². The predicted molar refractivity (Wildman–Crippen MR) is 131 cm³/mol. The Bertz CT molecular complexity index is 912. The largest absolute Gasteiger partial charge is 0.339 e. The number of hydrogen-bond acceptors (Lipinski definition) is 5. The maximum atomic E-state index is 13.6. The molecule has 8 heteroatoms. The van der Waals surface area contributed by atoms with Gasteiger partial charge in [-0.3, -0.25) is 19.5 Å². The van der Waals surface area contributed by atoms with Crippen molar-refractivity contribution in [3.05, 3.63) is 36.2 Å². The number of urea groups is 1. The lowest BCUT2D eigenvalue weighted by Crippen LogP contribution is -2.56. The Labute approximate surface area is 202 Å². The van der Waals surface area contributed by atoms with E-state index in [1.807, 2.05) is 23.1 Å². The zero-order valence-corrected chi connectivity index (χ0v) is 20.4.